The Morgan fingerprint density at radius 3 is 2.65 bits per heavy atom. The number of rotatable bonds is 10. The van der Waals surface area contributed by atoms with Crippen LogP contribution in [0.25, 0.3) is 0 Å². The molecule has 0 spiro atoms. The molecule has 2 N–H and O–H groups in total. The Hall–Kier alpha value is -1.83. The number of methoxy groups -OCH3 is 1. The molecule has 2 aliphatic rings. The molecule has 2 saturated heterocycles. The second kappa shape index (κ2) is 13.6. The summed E-state index contributed by atoms with van der Waals surface area (Å²) in [6.07, 6.45) is 6.31. The van der Waals surface area contributed by atoms with Crippen LogP contribution in [-0.2, 0) is 20.8 Å². The first kappa shape index (κ1) is 23.8. The first-order chi connectivity index (χ1) is 15.3. The van der Waals surface area contributed by atoms with Gasteiger partial charge in [-0.2, -0.15) is 0 Å². The maximum absolute atomic E-state index is 6.16. The number of benzene rings is 1. The second-order valence-corrected chi connectivity index (χ2v) is 8.29. The van der Waals surface area contributed by atoms with E-state index in [2.05, 4.69) is 46.7 Å². The van der Waals surface area contributed by atoms with E-state index in [0.717, 1.165) is 70.3 Å². The fourth-order valence-electron chi connectivity index (χ4n) is 4.03. The topological polar surface area (TPSA) is 67.4 Å². The van der Waals surface area contributed by atoms with Crippen LogP contribution in [-0.4, -0.2) is 76.2 Å². The van der Waals surface area contributed by atoms with E-state index in [1.807, 2.05) is 0 Å². The molecule has 174 valence electrons. The molecule has 1 atom stereocenters. The zero-order chi connectivity index (χ0) is 21.7. The van der Waals surface area contributed by atoms with Crippen LogP contribution >= 0.6 is 0 Å². The van der Waals surface area contributed by atoms with Gasteiger partial charge in [0.2, 0.25) is 0 Å². The van der Waals surface area contributed by atoms with Crippen molar-refractivity contribution in [2.75, 3.05) is 58.4 Å². The maximum Gasteiger partial charge on any atom is 0.194 e. The maximum atomic E-state index is 6.16. The summed E-state index contributed by atoms with van der Waals surface area (Å²) < 4.78 is 17.0. The highest BCUT2D eigenvalue weighted by molar-refractivity contribution is 5.80. The number of anilines is 1. The highest BCUT2D eigenvalue weighted by Gasteiger charge is 2.23. The first-order valence-corrected chi connectivity index (χ1v) is 11.9. The standard InChI is InChI=1S/C24H40N4O3/c1-3-25-24(27-18-20-7-9-21(10-8-20)26-13-17-29-2)28-14-11-22(12-15-28)31-19-23-6-4-5-16-30-23/h7-10,22-23,26H,3-6,11-19H2,1-2H3,(H,25,27). The molecule has 0 amide bonds. The van der Waals surface area contributed by atoms with Gasteiger partial charge in [-0.15, -0.1) is 0 Å². The van der Waals surface area contributed by atoms with Gasteiger partial charge in [-0.3, -0.25) is 0 Å². The number of likely N-dealkylation sites (tertiary alicyclic amines) is 1. The quantitative estimate of drug-likeness (QED) is 0.336. The third-order valence-corrected chi connectivity index (χ3v) is 5.87. The molecule has 2 fully saturated rings. The molecule has 3 rings (SSSR count). The van der Waals surface area contributed by atoms with E-state index in [-0.39, 0.29) is 0 Å². The Labute approximate surface area is 187 Å². The van der Waals surface area contributed by atoms with E-state index in [9.17, 15) is 0 Å². The minimum atomic E-state index is 0.298. The van der Waals surface area contributed by atoms with Gasteiger partial charge < -0.3 is 29.7 Å². The Kier molecular flexibility index (Phi) is 10.4. The third kappa shape index (κ3) is 8.31. The van der Waals surface area contributed by atoms with Gasteiger partial charge in [-0.25, -0.2) is 4.99 Å². The molecule has 0 aromatic heterocycles. The zero-order valence-corrected chi connectivity index (χ0v) is 19.3. The monoisotopic (exact) mass is 432 g/mol. The smallest absolute Gasteiger partial charge is 0.194 e. The van der Waals surface area contributed by atoms with Crippen molar-refractivity contribution < 1.29 is 14.2 Å². The Morgan fingerprint density at radius 2 is 1.97 bits per heavy atom. The number of guanidine groups is 1. The average Bonchev–Trinajstić information content (AvgIpc) is 2.82. The molecule has 7 nitrogen and oxygen atoms in total. The fourth-order valence-corrected chi connectivity index (χ4v) is 4.03. The van der Waals surface area contributed by atoms with Crippen molar-refractivity contribution in [3.63, 3.8) is 0 Å². The Bertz CT molecular complexity index is 639. The normalized spacial score (nSPS) is 20.6. The van der Waals surface area contributed by atoms with Gasteiger partial charge in [0.15, 0.2) is 5.96 Å². The first-order valence-electron chi connectivity index (χ1n) is 11.9. The number of piperidine rings is 1. The van der Waals surface area contributed by atoms with Crippen LogP contribution in [0.3, 0.4) is 0 Å². The zero-order valence-electron chi connectivity index (χ0n) is 19.3. The third-order valence-electron chi connectivity index (χ3n) is 5.87. The molecule has 0 saturated carbocycles. The molecule has 1 unspecified atom stereocenters. The van der Waals surface area contributed by atoms with Gasteiger partial charge in [-0.05, 0) is 56.7 Å². The highest BCUT2D eigenvalue weighted by Crippen LogP contribution is 2.18. The van der Waals surface area contributed by atoms with Crippen LogP contribution in [0.5, 0.6) is 0 Å². The van der Waals surface area contributed by atoms with Crippen LogP contribution in [0.2, 0.25) is 0 Å². The summed E-state index contributed by atoms with van der Waals surface area (Å²) in [5, 5.41) is 6.80. The number of ether oxygens (including phenoxy) is 3. The van der Waals surface area contributed by atoms with Crippen LogP contribution in [0.15, 0.2) is 29.3 Å². The summed E-state index contributed by atoms with van der Waals surface area (Å²) in [6, 6.07) is 8.48. The van der Waals surface area contributed by atoms with Crippen molar-refractivity contribution in [1.82, 2.24) is 10.2 Å². The van der Waals surface area contributed by atoms with Crippen molar-refractivity contribution in [2.45, 2.75) is 57.8 Å². The van der Waals surface area contributed by atoms with E-state index in [1.165, 1.54) is 18.4 Å². The molecule has 0 aliphatic carbocycles. The van der Waals surface area contributed by atoms with Crippen molar-refractivity contribution in [3.8, 4) is 0 Å². The van der Waals surface area contributed by atoms with Crippen LogP contribution in [0.1, 0.15) is 44.6 Å². The summed E-state index contributed by atoms with van der Waals surface area (Å²) in [5.74, 6) is 0.999. The van der Waals surface area contributed by atoms with E-state index in [0.29, 0.717) is 25.4 Å². The van der Waals surface area contributed by atoms with Gasteiger partial charge in [-0.1, -0.05) is 12.1 Å². The van der Waals surface area contributed by atoms with Crippen molar-refractivity contribution in [3.05, 3.63) is 29.8 Å². The van der Waals surface area contributed by atoms with E-state index in [4.69, 9.17) is 19.2 Å². The number of hydrogen-bond acceptors (Lipinski definition) is 5. The number of nitrogens with zero attached hydrogens (tertiary/aromatic N) is 2. The van der Waals surface area contributed by atoms with Crippen molar-refractivity contribution >= 4 is 11.6 Å². The minimum absolute atomic E-state index is 0.298. The summed E-state index contributed by atoms with van der Waals surface area (Å²) in [5.41, 5.74) is 2.32. The lowest BCUT2D eigenvalue weighted by molar-refractivity contribution is -0.0721. The molecule has 1 aromatic rings. The summed E-state index contributed by atoms with van der Waals surface area (Å²) in [7, 11) is 1.71. The second-order valence-electron chi connectivity index (χ2n) is 8.29. The predicted octanol–water partition coefficient (Wildman–Crippen LogP) is 3.26. The molecule has 31 heavy (non-hydrogen) atoms. The number of aliphatic imine (C=N–C) groups is 1. The van der Waals surface area contributed by atoms with Crippen LogP contribution in [0.4, 0.5) is 5.69 Å². The fraction of sp³-hybridized carbons (Fsp3) is 0.708. The summed E-state index contributed by atoms with van der Waals surface area (Å²) in [6.45, 7) is 8.77. The van der Waals surface area contributed by atoms with Crippen molar-refractivity contribution in [1.29, 1.82) is 0 Å². The molecular weight excluding hydrogens is 392 g/mol. The summed E-state index contributed by atoms with van der Waals surface area (Å²) in [4.78, 5) is 7.25. The number of hydrogen-bond donors (Lipinski definition) is 2. The van der Waals surface area contributed by atoms with Gasteiger partial charge >= 0.3 is 0 Å². The van der Waals surface area contributed by atoms with Crippen molar-refractivity contribution in [2.24, 2.45) is 4.99 Å². The molecule has 0 bridgehead atoms. The van der Waals surface area contributed by atoms with Crippen LogP contribution < -0.4 is 10.6 Å². The largest absolute Gasteiger partial charge is 0.383 e. The molecular formula is C24H40N4O3. The van der Waals surface area contributed by atoms with E-state index < -0.39 is 0 Å². The number of nitrogens with one attached hydrogen (secondary N) is 2. The van der Waals surface area contributed by atoms with Crippen LogP contribution in [0, 0.1) is 0 Å². The lowest BCUT2D eigenvalue weighted by atomic mass is 10.1. The van der Waals surface area contributed by atoms with E-state index in [1.54, 1.807) is 7.11 Å². The SMILES string of the molecule is CCNC(=NCc1ccc(NCCOC)cc1)N1CCC(OCC2CCCCO2)CC1. The Morgan fingerprint density at radius 1 is 1.16 bits per heavy atom. The van der Waals surface area contributed by atoms with Gasteiger partial charge in [0.05, 0.1) is 32.0 Å². The summed E-state index contributed by atoms with van der Waals surface area (Å²) >= 11 is 0. The molecule has 1 aromatic carbocycles. The van der Waals surface area contributed by atoms with E-state index >= 15 is 0 Å². The van der Waals surface area contributed by atoms with Gasteiger partial charge in [0.25, 0.3) is 0 Å². The molecule has 2 heterocycles. The predicted molar refractivity (Wildman–Crippen MR) is 126 cm³/mol. The highest BCUT2D eigenvalue weighted by atomic mass is 16.5. The molecule has 2 aliphatic heterocycles. The lowest BCUT2D eigenvalue weighted by Gasteiger charge is -2.35. The minimum Gasteiger partial charge on any atom is -0.383 e. The average molecular weight is 433 g/mol. The molecule has 0 radical (unpaired) electrons. The molecule has 7 heteroatoms. The van der Waals surface area contributed by atoms with Gasteiger partial charge in [0.1, 0.15) is 0 Å². The lowest BCUT2D eigenvalue weighted by Crippen LogP contribution is -2.47. The Balaban J connectivity index is 1.43. The van der Waals surface area contributed by atoms with Gasteiger partial charge in [0, 0.05) is 45.6 Å².